The summed E-state index contributed by atoms with van der Waals surface area (Å²) in [6, 6.07) is 2.67. The molecule has 1 aromatic carbocycles. The molecule has 2 nitrogen and oxygen atoms in total. The van der Waals surface area contributed by atoms with Crippen molar-refractivity contribution in [1.29, 1.82) is 0 Å². The van der Waals surface area contributed by atoms with Gasteiger partial charge in [0.05, 0.1) is 5.69 Å². The number of ether oxygens (including phenoxy) is 1. The van der Waals surface area contributed by atoms with Crippen molar-refractivity contribution in [2.24, 2.45) is 0 Å². The number of nitrogens with two attached hydrogens (primary N) is 1. The minimum absolute atomic E-state index is 0.0134. The van der Waals surface area contributed by atoms with Crippen molar-refractivity contribution in [1.82, 2.24) is 0 Å². The SMILES string of the molecule is Nc1c(CCl)cc(Br)cc1OC(F)(F)F. The van der Waals surface area contributed by atoms with Crippen LogP contribution in [0.4, 0.5) is 18.9 Å². The monoisotopic (exact) mass is 303 g/mol. The van der Waals surface area contributed by atoms with E-state index in [2.05, 4.69) is 20.7 Å². The molecule has 0 radical (unpaired) electrons. The number of anilines is 1. The number of halogens is 5. The second-order valence-corrected chi connectivity index (χ2v) is 3.84. The van der Waals surface area contributed by atoms with E-state index < -0.39 is 12.1 Å². The van der Waals surface area contributed by atoms with E-state index in [1.165, 1.54) is 6.07 Å². The maximum absolute atomic E-state index is 12.0. The molecule has 0 fully saturated rings. The lowest BCUT2D eigenvalue weighted by molar-refractivity contribution is -0.274. The molecule has 0 aromatic heterocycles. The predicted molar refractivity (Wildman–Crippen MR) is 54.8 cm³/mol. The molecule has 0 unspecified atom stereocenters. The summed E-state index contributed by atoms with van der Waals surface area (Å²) in [5.41, 5.74) is 5.71. The van der Waals surface area contributed by atoms with Gasteiger partial charge in [0.25, 0.3) is 0 Å². The summed E-state index contributed by atoms with van der Waals surface area (Å²) in [5, 5.41) is 0. The Morgan fingerprint density at radius 3 is 2.47 bits per heavy atom. The molecule has 7 heteroatoms. The standard InChI is InChI=1S/C8H6BrClF3NO/c9-5-1-4(3-10)7(14)6(2-5)15-8(11,12)13/h1-2H,3,14H2. The fourth-order valence-electron chi connectivity index (χ4n) is 0.967. The van der Waals surface area contributed by atoms with Gasteiger partial charge in [-0.05, 0) is 17.7 Å². The third-order valence-corrected chi connectivity index (χ3v) is 2.31. The summed E-state index contributed by atoms with van der Waals surface area (Å²) in [4.78, 5) is 0. The summed E-state index contributed by atoms with van der Waals surface area (Å²) in [5.74, 6) is -0.438. The molecule has 1 rings (SSSR count). The second-order valence-electron chi connectivity index (χ2n) is 2.66. The molecular weight excluding hydrogens is 298 g/mol. The van der Waals surface area contributed by atoms with Crippen LogP contribution >= 0.6 is 27.5 Å². The van der Waals surface area contributed by atoms with Crippen molar-refractivity contribution >= 4 is 33.2 Å². The lowest BCUT2D eigenvalue weighted by Crippen LogP contribution is -2.18. The van der Waals surface area contributed by atoms with Crippen LogP contribution < -0.4 is 10.5 Å². The van der Waals surface area contributed by atoms with Gasteiger partial charge in [-0.2, -0.15) is 0 Å². The van der Waals surface area contributed by atoms with Crippen LogP contribution in [0, 0.1) is 0 Å². The summed E-state index contributed by atoms with van der Waals surface area (Å²) >= 11 is 8.54. The summed E-state index contributed by atoms with van der Waals surface area (Å²) in [6.45, 7) is 0. The van der Waals surface area contributed by atoms with Crippen LogP contribution in [0.3, 0.4) is 0 Å². The molecule has 2 N–H and O–H groups in total. The Hall–Kier alpha value is -0.620. The lowest BCUT2D eigenvalue weighted by Gasteiger charge is -2.13. The zero-order valence-corrected chi connectivity index (χ0v) is 9.58. The molecular formula is C8H6BrClF3NO. The minimum atomic E-state index is -4.77. The average molecular weight is 304 g/mol. The number of hydrogen-bond acceptors (Lipinski definition) is 2. The van der Waals surface area contributed by atoms with Crippen LogP contribution in [0.25, 0.3) is 0 Å². The van der Waals surface area contributed by atoms with Crippen LogP contribution in [0.15, 0.2) is 16.6 Å². The predicted octanol–water partition coefficient (Wildman–Crippen LogP) is 3.67. The van der Waals surface area contributed by atoms with Crippen molar-refractivity contribution in [3.8, 4) is 5.75 Å². The third kappa shape index (κ3) is 3.46. The molecule has 15 heavy (non-hydrogen) atoms. The molecule has 0 amide bonds. The van der Waals surface area contributed by atoms with Crippen LogP contribution in [0.2, 0.25) is 0 Å². The first kappa shape index (κ1) is 12.4. The van der Waals surface area contributed by atoms with Crippen molar-refractivity contribution in [2.75, 3.05) is 5.73 Å². The first-order valence-corrected chi connectivity index (χ1v) is 5.06. The smallest absolute Gasteiger partial charge is 0.404 e. The quantitative estimate of drug-likeness (QED) is 0.668. The van der Waals surface area contributed by atoms with Gasteiger partial charge in [-0.15, -0.1) is 24.8 Å². The molecule has 0 atom stereocenters. The molecule has 0 aliphatic rings. The van der Waals surface area contributed by atoms with Crippen molar-refractivity contribution in [2.45, 2.75) is 12.2 Å². The molecule has 0 spiro atoms. The molecule has 0 saturated carbocycles. The highest BCUT2D eigenvalue weighted by atomic mass is 79.9. The Kier molecular flexibility index (Phi) is 3.72. The Bertz CT molecular complexity index is 370. The highest BCUT2D eigenvalue weighted by Crippen LogP contribution is 2.34. The van der Waals surface area contributed by atoms with E-state index in [-0.39, 0.29) is 11.6 Å². The van der Waals surface area contributed by atoms with Gasteiger partial charge < -0.3 is 10.5 Å². The normalized spacial score (nSPS) is 11.5. The number of hydrogen-bond donors (Lipinski definition) is 1. The van der Waals surface area contributed by atoms with Crippen molar-refractivity contribution in [3.63, 3.8) is 0 Å². The summed E-state index contributed by atoms with van der Waals surface area (Å²) < 4.78 is 40.1. The molecule has 0 aliphatic carbocycles. The largest absolute Gasteiger partial charge is 0.573 e. The van der Waals surface area contributed by atoms with E-state index in [9.17, 15) is 13.2 Å². The topological polar surface area (TPSA) is 35.2 Å². The van der Waals surface area contributed by atoms with E-state index in [0.29, 0.717) is 10.0 Å². The van der Waals surface area contributed by atoms with Crippen molar-refractivity contribution < 1.29 is 17.9 Å². The van der Waals surface area contributed by atoms with E-state index in [1.54, 1.807) is 0 Å². The second kappa shape index (κ2) is 4.49. The zero-order chi connectivity index (χ0) is 11.6. The van der Waals surface area contributed by atoms with Gasteiger partial charge in [0.2, 0.25) is 0 Å². The maximum atomic E-state index is 12.0. The number of rotatable bonds is 2. The highest BCUT2D eigenvalue weighted by molar-refractivity contribution is 9.10. The molecule has 1 aromatic rings. The van der Waals surface area contributed by atoms with Gasteiger partial charge in [0, 0.05) is 10.4 Å². The van der Waals surface area contributed by atoms with E-state index in [4.69, 9.17) is 17.3 Å². The van der Waals surface area contributed by atoms with Gasteiger partial charge in [-0.1, -0.05) is 15.9 Å². The van der Waals surface area contributed by atoms with Crippen LogP contribution in [0.5, 0.6) is 5.75 Å². The summed E-state index contributed by atoms with van der Waals surface area (Å²) in [7, 11) is 0. The number of nitrogen functional groups attached to an aromatic ring is 1. The van der Waals surface area contributed by atoms with E-state index >= 15 is 0 Å². The molecule has 0 saturated heterocycles. The maximum Gasteiger partial charge on any atom is 0.573 e. The molecule has 0 bridgehead atoms. The van der Waals surface area contributed by atoms with Gasteiger partial charge in [0.1, 0.15) is 0 Å². The summed E-state index contributed by atoms with van der Waals surface area (Å²) in [6.07, 6.45) is -4.77. The van der Waals surface area contributed by atoms with Crippen molar-refractivity contribution in [3.05, 3.63) is 22.2 Å². The van der Waals surface area contributed by atoms with Gasteiger partial charge in [-0.25, -0.2) is 0 Å². The van der Waals surface area contributed by atoms with Gasteiger partial charge >= 0.3 is 6.36 Å². The molecule has 0 heterocycles. The Balaban J connectivity index is 3.12. The molecule has 0 aliphatic heterocycles. The first-order valence-electron chi connectivity index (χ1n) is 3.73. The number of alkyl halides is 4. The fraction of sp³-hybridized carbons (Fsp3) is 0.250. The highest BCUT2D eigenvalue weighted by Gasteiger charge is 2.32. The lowest BCUT2D eigenvalue weighted by atomic mass is 10.2. The van der Waals surface area contributed by atoms with Crippen LogP contribution in [-0.4, -0.2) is 6.36 Å². The minimum Gasteiger partial charge on any atom is -0.404 e. The Labute approximate surface area is 97.3 Å². The van der Waals surface area contributed by atoms with E-state index in [0.717, 1.165) is 6.07 Å². The van der Waals surface area contributed by atoms with E-state index in [1.807, 2.05) is 0 Å². The first-order chi connectivity index (χ1) is 6.83. The van der Waals surface area contributed by atoms with Gasteiger partial charge in [0.15, 0.2) is 5.75 Å². The molecule has 84 valence electrons. The Morgan fingerprint density at radius 2 is 2.00 bits per heavy atom. The fourth-order valence-corrected chi connectivity index (χ4v) is 1.67. The average Bonchev–Trinajstić information content (AvgIpc) is 2.08. The Morgan fingerprint density at radius 1 is 1.40 bits per heavy atom. The number of benzene rings is 1. The zero-order valence-electron chi connectivity index (χ0n) is 7.24. The third-order valence-electron chi connectivity index (χ3n) is 1.56. The van der Waals surface area contributed by atoms with Gasteiger partial charge in [-0.3, -0.25) is 0 Å². The van der Waals surface area contributed by atoms with Crippen LogP contribution in [-0.2, 0) is 5.88 Å². The van der Waals surface area contributed by atoms with Crippen LogP contribution in [0.1, 0.15) is 5.56 Å².